The smallest absolute Gasteiger partial charge is 0.348 e. The molecule has 1 amide bonds. The zero-order valence-electron chi connectivity index (χ0n) is 16.8. The number of thiophene rings is 1. The Morgan fingerprint density at radius 1 is 1.21 bits per heavy atom. The van der Waals surface area contributed by atoms with Crippen LogP contribution in [0, 0.1) is 12.8 Å². The minimum atomic E-state index is -0.768. The van der Waals surface area contributed by atoms with E-state index in [4.69, 9.17) is 4.74 Å². The maximum Gasteiger partial charge on any atom is 0.348 e. The molecule has 1 aromatic carbocycles. The normalized spacial score (nSPS) is 12.2. The van der Waals surface area contributed by atoms with Crippen molar-refractivity contribution in [3.05, 3.63) is 57.5 Å². The van der Waals surface area contributed by atoms with Gasteiger partial charge in [-0.25, -0.2) is 9.78 Å². The highest BCUT2D eigenvalue weighted by molar-refractivity contribution is 7.20. The number of amides is 1. The minimum Gasteiger partial charge on any atom is -0.461 e. The molecule has 3 rings (SSSR count). The van der Waals surface area contributed by atoms with Crippen molar-refractivity contribution in [2.45, 2.75) is 33.7 Å². The highest BCUT2D eigenvalue weighted by Crippen LogP contribution is 2.28. The number of nitrogens with one attached hydrogen (secondary N) is 1. The number of anilines is 1. The number of aryl methyl sites for hydroxylation is 1. The van der Waals surface area contributed by atoms with E-state index in [1.165, 1.54) is 10.9 Å². The van der Waals surface area contributed by atoms with Gasteiger partial charge < -0.3 is 10.1 Å². The molecule has 0 spiro atoms. The van der Waals surface area contributed by atoms with E-state index in [0.717, 1.165) is 11.3 Å². The topological polar surface area (TPSA) is 90.3 Å². The number of hydrogen-bond acceptors (Lipinski definition) is 6. The Kier molecular flexibility index (Phi) is 6.12. The Labute approximate surface area is 172 Å². The first-order valence-electron chi connectivity index (χ1n) is 9.32. The third-order valence-electron chi connectivity index (χ3n) is 4.45. The fourth-order valence-electron chi connectivity index (χ4n) is 2.81. The molecule has 1 N–H and O–H groups in total. The number of fused-ring (bicyclic) bond motifs is 1. The van der Waals surface area contributed by atoms with E-state index in [9.17, 15) is 14.4 Å². The summed E-state index contributed by atoms with van der Waals surface area (Å²) in [6.07, 6.45) is 1.35. The first-order chi connectivity index (χ1) is 13.8. The summed E-state index contributed by atoms with van der Waals surface area (Å²) in [7, 11) is 0. The van der Waals surface area contributed by atoms with Crippen LogP contribution in [0.5, 0.6) is 0 Å². The van der Waals surface area contributed by atoms with Crippen molar-refractivity contribution in [2.24, 2.45) is 5.92 Å². The van der Waals surface area contributed by atoms with Crippen molar-refractivity contribution in [3.63, 3.8) is 0 Å². The zero-order valence-corrected chi connectivity index (χ0v) is 17.6. The maximum atomic E-state index is 13.0. The van der Waals surface area contributed by atoms with Crippen molar-refractivity contribution in [2.75, 3.05) is 11.9 Å². The predicted molar refractivity (Wildman–Crippen MR) is 114 cm³/mol. The van der Waals surface area contributed by atoms with E-state index >= 15 is 0 Å². The molecule has 2 aromatic heterocycles. The number of benzene rings is 1. The average Bonchev–Trinajstić information content (AvgIpc) is 3.04. The number of aromatic nitrogens is 2. The van der Waals surface area contributed by atoms with E-state index < -0.39 is 12.0 Å². The standard InChI is InChI=1S/C21H23N3O4S/c1-12(2)10-28-21(27)17-13(3)16-19(29-17)22-11-24(20(16)26)14(4)18(25)23-15-8-6-5-7-9-15/h5-9,11-12,14H,10H2,1-4H3,(H,23,25). The van der Waals surface area contributed by atoms with Crippen LogP contribution in [-0.2, 0) is 9.53 Å². The van der Waals surface area contributed by atoms with Crippen LogP contribution in [0.25, 0.3) is 10.2 Å². The average molecular weight is 413 g/mol. The molecule has 3 aromatic rings. The maximum absolute atomic E-state index is 13.0. The Morgan fingerprint density at radius 2 is 1.90 bits per heavy atom. The van der Waals surface area contributed by atoms with Crippen LogP contribution >= 0.6 is 11.3 Å². The van der Waals surface area contributed by atoms with Crippen LogP contribution in [-0.4, -0.2) is 28.0 Å². The van der Waals surface area contributed by atoms with Crippen LogP contribution in [0.2, 0.25) is 0 Å². The third-order valence-corrected chi connectivity index (χ3v) is 5.63. The monoisotopic (exact) mass is 413 g/mol. The molecule has 0 aliphatic rings. The second kappa shape index (κ2) is 8.57. The van der Waals surface area contributed by atoms with Crippen molar-refractivity contribution in [1.29, 1.82) is 0 Å². The lowest BCUT2D eigenvalue weighted by Crippen LogP contribution is -2.31. The summed E-state index contributed by atoms with van der Waals surface area (Å²) in [6.45, 7) is 7.54. The Hall–Kier alpha value is -3.00. The molecule has 2 heterocycles. The van der Waals surface area contributed by atoms with Crippen molar-refractivity contribution < 1.29 is 14.3 Å². The highest BCUT2D eigenvalue weighted by atomic mass is 32.1. The van der Waals surface area contributed by atoms with E-state index in [1.807, 2.05) is 32.0 Å². The SMILES string of the molecule is Cc1c(C(=O)OCC(C)C)sc2ncn(C(C)C(=O)Nc3ccccc3)c(=O)c12. The molecule has 8 heteroatoms. The lowest BCUT2D eigenvalue weighted by molar-refractivity contribution is -0.118. The molecule has 0 radical (unpaired) electrons. The molecule has 152 valence electrons. The predicted octanol–water partition coefficient (Wildman–Crippen LogP) is 3.78. The molecule has 1 unspecified atom stereocenters. The molecule has 0 fully saturated rings. The van der Waals surface area contributed by atoms with Gasteiger partial charge >= 0.3 is 5.97 Å². The quantitative estimate of drug-likeness (QED) is 0.621. The number of para-hydroxylation sites is 1. The third kappa shape index (κ3) is 4.37. The molecule has 29 heavy (non-hydrogen) atoms. The van der Waals surface area contributed by atoms with Gasteiger partial charge in [0, 0.05) is 5.69 Å². The van der Waals surface area contributed by atoms with Crippen LogP contribution in [0.3, 0.4) is 0 Å². The van der Waals surface area contributed by atoms with Gasteiger partial charge in [-0.3, -0.25) is 14.2 Å². The number of ether oxygens (including phenoxy) is 1. The van der Waals surface area contributed by atoms with Crippen molar-refractivity contribution in [3.8, 4) is 0 Å². The molecule has 0 saturated heterocycles. The summed E-state index contributed by atoms with van der Waals surface area (Å²) in [5.74, 6) is -0.572. The minimum absolute atomic E-state index is 0.216. The first-order valence-corrected chi connectivity index (χ1v) is 10.1. The van der Waals surface area contributed by atoms with Gasteiger partial charge in [0.2, 0.25) is 5.91 Å². The second-order valence-electron chi connectivity index (χ2n) is 7.22. The van der Waals surface area contributed by atoms with Gasteiger partial charge in [0.05, 0.1) is 18.3 Å². The van der Waals surface area contributed by atoms with Crippen LogP contribution in [0.1, 0.15) is 42.0 Å². The van der Waals surface area contributed by atoms with Gasteiger partial charge in [0.1, 0.15) is 15.7 Å². The Balaban J connectivity index is 1.91. The summed E-state index contributed by atoms with van der Waals surface area (Å²) < 4.78 is 6.57. The van der Waals surface area contributed by atoms with Gasteiger partial charge in [-0.2, -0.15) is 0 Å². The molecule has 0 saturated carbocycles. The Morgan fingerprint density at radius 3 is 2.55 bits per heavy atom. The summed E-state index contributed by atoms with van der Waals surface area (Å²) in [6, 6.07) is 8.25. The largest absolute Gasteiger partial charge is 0.461 e. The van der Waals surface area contributed by atoms with Gasteiger partial charge in [0.25, 0.3) is 5.56 Å². The lowest BCUT2D eigenvalue weighted by Gasteiger charge is -2.15. The second-order valence-corrected chi connectivity index (χ2v) is 8.22. The van der Waals surface area contributed by atoms with Crippen LogP contribution in [0.15, 0.2) is 41.5 Å². The molecule has 1 atom stereocenters. The summed E-state index contributed by atoms with van der Waals surface area (Å²) in [5, 5.41) is 3.12. The van der Waals surface area contributed by atoms with Crippen molar-refractivity contribution in [1.82, 2.24) is 9.55 Å². The summed E-state index contributed by atoms with van der Waals surface area (Å²) >= 11 is 1.13. The fraction of sp³-hybridized carbons (Fsp3) is 0.333. The van der Waals surface area contributed by atoms with E-state index in [-0.39, 0.29) is 17.4 Å². The van der Waals surface area contributed by atoms with Crippen LogP contribution < -0.4 is 10.9 Å². The first kappa shape index (κ1) is 20.7. The number of esters is 1. The Bertz CT molecular complexity index is 1100. The highest BCUT2D eigenvalue weighted by Gasteiger charge is 2.23. The van der Waals surface area contributed by atoms with Gasteiger partial charge in [-0.05, 0) is 37.5 Å². The number of hydrogen-bond donors (Lipinski definition) is 1. The lowest BCUT2D eigenvalue weighted by atomic mass is 10.2. The number of carbonyl (C=O) groups is 2. The van der Waals surface area contributed by atoms with Crippen molar-refractivity contribution >= 4 is 39.1 Å². The molecule has 0 bridgehead atoms. The number of rotatable bonds is 6. The van der Waals surface area contributed by atoms with Gasteiger partial charge in [-0.1, -0.05) is 32.0 Å². The van der Waals surface area contributed by atoms with Gasteiger partial charge in [-0.15, -0.1) is 11.3 Å². The van der Waals surface area contributed by atoms with E-state index in [1.54, 1.807) is 26.0 Å². The molecular weight excluding hydrogens is 390 g/mol. The summed E-state index contributed by atoms with van der Waals surface area (Å²) in [4.78, 5) is 43.1. The molecule has 7 nitrogen and oxygen atoms in total. The van der Waals surface area contributed by atoms with Crippen LogP contribution in [0.4, 0.5) is 5.69 Å². The number of carbonyl (C=O) groups excluding carboxylic acids is 2. The van der Waals surface area contributed by atoms with E-state index in [0.29, 0.717) is 33.0 Å². The molecule has 0 aliphatic heterocycles. The number of nitrogens with zero attached hydrogens (tertiary/aromatic N) is 2. The summed E-state index contributed by atoms with van der Waals surface area (Å²) in [5.41, 5.74) is 0.817. The molecular formula is C21H23N3O4S. The van der Waals surface area contributed by atoms with E-state index in [2.05, 4.69) is 10.3 Å². The van der Waals surface area contributed by atoms with Gasteiger partial charge in [0.15, 0.2) is 0 Å². The fourth-order valence-corrected chi connectivity index (χ4v) is 3.84. The molecule has 0 aliphatic carbocycles. The zero-order chi connectivity index (χ0) is 21.1.